The van der Waals surface area contributed by atoms with E-state index in [1.807, 2.05) is 35.0 Å². The van der Waals surface area contributed by atoms with Gasteiger partial charge < -0.3 is 19.3 Å². The number of benzene rings is 2. The summed E-state index contributed by atoms with van der Waals surface area (Å²) in [6.07, 6.45) is 5.93. The number of likely N-dealkylation sites (tertiary alicyclic amines) is 1. The highest BCUT2D eigenvalue weighted by Crippen LogP contribution is 2.40. The molecule has 1 amide bonds. The summed E-state index contributed by atoms with van der Waals surface area (Å²) in [5.41, 5.74) is 2.46. The molecule has 1 fully saturated rings. The van der Waals surface area contributed by atoms with E-state index in [4.69, 9.17) is 4.74 Å². The van der Waals surface area contributed by atoms with Crippen LogP contribution >= 0.6 is 0 Å². The van der Waals surface area contributed by atoms with Gasteiger partial charge >= 0.3 is 0 Å². The van der Waals surface area contributed by atoms with Gasteiger partial charge in [0.2, 0.25) is 0 Å². The van der Waals surface area contributed by atoms with Crippen molar-refractivity contribution in [1.29, 1.82) is 0 Å². The summed E-state index contributed by atoms with van der Waals surface area (Å²) in [5.74, 6) is -0.828. The fourth-order valence-electron chi connectivity index (χ4n) is 4.37. The van der Waals surface area contributed by atoms with Gasteiger partial charge in [-0.15, -0.1) is 0 Å². The maximum atomic E-state index is 13.2. The van der Waals surface area contributed by atoms with Crippen molar-refractivity contribution >= 4 is 17.4 Å². The predicted octanol–water partition coefficient (Wildman–Crippen LogP) is 4.70. The van der Waals surface area contributed by atoms with Crippen LogP contribution in [0.15, 0.2) is 72.8 Å². The van der Waals surface area contributed by atoms with Crippen LogP contribution in [0.25, 0.3) is 5.76 Å². The van der Waals surface area contributed by atoms with Gasteiger partial charge in [0.05, 0.1) is 25.1 Å². The number of hydrogen-bond donors (Lipinski definition) is 1. The SMILES string of the molecule is COc1ccc(/C(O)=C2/C(=O)C(=O)N(CCCn3ccnc3)C2c2ccc(C(C)(C)C)cc2)cc1. The molecule has 7 heteroatoms. The zero-order chi connectivity index (χ0) is 25.2. The number of nitrogens with zero attached hydrogens (tertiary/aromatic N) is 3. The van der Waals surface area contributed by atoms with Crippen LogP contribution in [-0.2, 0) is 21.5 Å². The maximum absolute atomic E-state index is 13.2. The minimum Gasteiger partial charge on any atom is -0.507 e. The highest BCUT2D eigenvalue weighted by molar-refractivity contribution is 6.46. The summed E-state index contributed by atoms with van der Waals surface area (Å²) in [6.45, 7) is 7.43. The Morgan fingerprint density at radius 1 is 1.03 bits per heavy atom. The average Bonchev–Trinajstić information content (AvgIpc) is 3.45. The first-order valence-corrected chi connectivity index (χ1v) is 11.7. The molecule has 1 aliphatic heterocycles. The van der Waals surface area contributed by atoms with Crippen molar-refractivity contribution in [2.75, 3.05) is 13.7 Å². The molecule has 3 aromatic rings. The molecular formula is C28H31N3O4. The summed E-state index contributed by atoms with van der Waals surface area (Å²) >= 11 is 0. The van der Waals surface area contributed by atoms with E-state index in [0.29, 0.717) is 30.8 Å². The number of methoxy groups -OCH3 is 1. The van der Waals surface area contributed by atoms with E-state index >= 15 is 0 Å². The normalized spacial score (nSPS) is 17.7. The van der Waals surface area contributed by atoms with Crippen molar-refractivity contribution in [3.8, 4) is 5.75 Å². The number of hydrogen-bond acceptors (Lipinski definition) is 5. The molecule has 1 aliphatic rings. The quantitative estimate of drug-likeness (QED) is 0.305. The molecule has 4 rings (SSSR count). The molecular weight excluding hydrogens is 442 g/mol. The van der Waals surface area contributed by atoms with Crippen LogP contribution in [0.3, 0.4) is 0 Å². The first kappa shape index (κ1) is 24.3. The molecule has 35 heavy (non-hydrogen) atoms. The van der Waals surface area contributed by atoms with E-state index in [-0.39, 0.29) is 16.7 Å². The second-order valence-electron chi connectivity index (χ2n) is 9.75. The topological polar surface area (TPSA) is 84.7 Å². The number of Topliss-reactive ketones (excluding diaryl/α,β-unsaturated/α-hetero) is 1. The summed E-state index contributed by atoms with van der Waals surface area (Å²) in [6, 6.07) is 14.0. The average molecular weight is 474 g/mol. The Bertz CT molecular complexity index is 1220. The Morgan fingerprint density at radius 2 is 1.71 bits per heavy atom. The smallest absolute Gasteiger partial charge is 0.295 e. The van der Waals surface area contributed by atoms with E-state index < -0.39 is 17.7 Å². The molecule has 1 N–H and O–H groups in total. The lowest BCUT2D eigenvalue weighted by molar-refractivity contribution is -0.139. The van der Waals surface area contributed by atoms with Crippen LogP contribution in [0.1, 0.15) is 49.9 Å². The molecule has 0 spiro atoms. The molecule has 0 bridgehead atoms. The van der Waals surface area contributed by atoms with Gasteiger partial charge in [0, 0.05) is 31.0 Å². The highest BCUT2D eigenvalue weighted by atomic mass is 16.5. The number of aryl methyl sites for hydroxylation is 1. The van der Waals surface area contributed by atoms with Gasteiger partial charge in [-0.05, 0) is 47.2 Å². The lowest BCUT2D eigenvalue weighted by Crippen LogP contribution is -2.31. The summed E-state index contributed by atoms with van der Waals surface area (Å²) in [5, 5.41) is 11.2. The number of aliphatic hydroxyl groups excluding tert-OH is 1. The van der Waals surface area contributed by atoms with Crippen LogP contribution < -0.4 is 4.74 Å². The zero-order valence-corrected chi connectivity index (χ0v) is 20.6. The molecule has 1 unspecified atom stereocenters. The van der Waals surface area contributed by atoms with Crippen molar-refractivity contribution in [3.63, 3.8) is 0 Å². The maximum Gasteiger partial charge on any atom is 0.295 e. The van der Waals surface area contributed by atoms with E-state index in [9.17, 15) is 14.7 Å². The summed E-state index contributed by atoms with van der Waals surface area (Å²) in [4.78, 5) is 32.0. The standard InChI is InChI=1S/C28H31N3O4/c1-28(2,3)21-10-6-19(7-11-21)24-23(25(32)20-8-12-22(35-4)13-9-20)26(33)27(34)31(24)16-5-15-30-17-14-29-18-30/h6-14,17-18,24,32H,5,15-16H2,1-4H3/b25-23-. The first-order valence-electron chi connectivity index (χ1n) is 11.7. The molecule has 2 aromatic carbocycles. The second kappa shape index (κ2) is 9.78. The number of ether oxygens (including phenoxy) is 1. The third-order valence-corrected chi connectivity index (χ3v) is 6.37. The fourth-order valence-corrected chi connectivity index (χ4v) is 4.37. The van der Waals surface area contributed by atoms with Crippen LogP contribution in [0.4, 0.5) is 0 Å². The first-order chi connectivity index (χ1) is 16.7. The van der Waals surface area contributed by atoms with Crippen LogP contribution in [0.2, 0.25) is 0 Å². The van der Waals surface area contributed by atoms with Crippen LogP contribution in [0.5, 0.6) is 5.75 Å². The van der Waals surface area contributed by atoms with Crippen molar-refractivity contribution in [3.05, 3.63) is 89.5 Å². The molecule has 182 valence electrons. The summed E-state index contributed by atoms with van der Waals surface area (Å²) < 4.78 is 7.13. The van der Waals surface area contributed by atoms with Gasteiger partial charge in [-0.25, -0.2) is 4.98 Å². The van der Waals surface area contributed by atoms with Gasteiger partial charge in [-0.2, -0.15) is 0 Å². The predicted molar refractivity (Wildman–Crippen MR) is 134 cm³/mol. The van der Waals surface area contributed by atoms with Gasteiger partial charge in [-0.3, -0.25) is 9.59 Å². The third-order valence-electron chi connectivity index (χ3n) is 6.37. The van der Waals surface area contributed by atoms with Crippen LogP contribution in [0, 0.1) is 0 Å². The van der Waals surface area contributed by atoms with E-state index in [1.54, 1.807) is 48.8 Å². The molecule has 0 aliphatic carbocycles. The Kier molecular flexibility index (Phi) is 6.78. The van der Waals surface area contributed by atoms with Crippen molar-refractivity contribution < 1.29 is 19.4 Å². The number of aliphatic hydroxyl groups is 1. The Balaban J connectivity index is 1.73. The lowest BCUT2D eigenvalue weighted by atomic mass is 9.85. The molecule has 7 nitrogen and oxygen atoms in total. The number of amides is 1. The van der Waals surface area contributed by atoms with Crippen molar-refractivity contribution in [1.82, 2.24) is 14.5 Å². The van der Waals surface area contributed by atoms with Crippen LogP contribution in [-0.4, -0.2) is 44.9 Å². The minimum absolute atomic E-state index is 0.0335. The largest absolute Gasteiger partial charge is 0.507 e. The summed E-state index contributed by atoms with van der Waals surface area (Å²) in [7, 11) is 1.56. The minimum atomic E-state index is -0.675. The molecule has 0 radical (unpaired) electrons. The monoisotopic (exact) mass is 473 g/mol. The lowest BCUT2D eigenvalue weighted by Gasteiger charge is -2.26. The number of ketones is 1. The van der Waals surface area contributed by atoms with Gasteiger partial charge in [0.15, 0.2) is 0 Å². The number of aromatic nitrogens is 2. The van der Waals surface area contributed by atoms with Gasteiger partial charge in [0.1, 0.15) is 11.5 Å². The highest BCUT2D eigenvalue weighted by Gasteiger charge is 2.45. The third kappa shape index (κ3) is 4.99. The van der Waals surface area contributed by atoms with E-state index in [0.717, 1.165) is 11.1 Å². The number of rotatable bonds is 7. The van der Waals surface area contributed by atoms with Crippen molar-refractivity contribution in [2.24, 2.45) is 0 Å². The molecule has 1 atom stereocenters. The number of imidazole rings is 1. The molecule has 1 saturated heterocycles. The Morgan fingerprint density at radius 3 is 2.29 bits per heavy atom. The molecule has 0 saturated carbocycles. The van der Waals surface area contributed by atoms with Gasteiger partial charge in [0.25, 0.3) is 11.7 Å². The van der Waals surface area contributed by atoms with E-state index in [2.05, 4.69) is 25.8 Å². The number of carbonyl (C=O) groups is 2. The van der Waals surface area contributed by atoms with E-state index in [1.165, 1.54) is 0 Å². The Labute approximate surface area is 205 Å². The second-order valence-corrected chi connectivity index (χ2v) is 9.75. The van der Waals surface area contributed by atoms with Gasteiger partial charge in [-0.1, -0.05) is 45.0 Å². The number of carbonyl (C=O) groups excluding carboxylic acids is 2. The fraction of sp³-hybridized carbons (Fsp3) is 0.321. The zero-order valence-electron chi connectivity index (χ0n) is 20.6. The molecule has 2 heterocycles. The molecule has 1 aromatic heterocycles. The van der Waals surface area contributed by atoms with Crippen molar-refractivity contribution in [2.45, 2.75) is 45.2 Å². The Hall–Kier alpha value is -3.87.